The van der Waals surface area contributed by atoms with Crippen LogP contribution in [0.15, 0.2) is 18.2 Å². The minimum atomic E-state index is -0.816. The van der Waals surface area contributed by atoms with Crippen molar-refractivity contribution in [3.8, 4) is 11.5 Å². The van der Waals surface area contributed by atoms with E-state index in [1.807, 2.05) is 0 Å². The summed E-state index contributed by atoms with van der Waals surface area (Å²) in [6.45, 7) is 0. The molecule has 2 atom stereocenters. The second-order valence-electron chi connectivity index (χ2n) is 4.91. The first-order valence-corrected chi connectivity index (χ1v) is 6.42. The standard InChI is InChI=1S/C14H17NO5/c1-20-12-5-3-8(7-11(12)16)13(17)15-10-4-2-9(6-10)14(18)19/h3,5,7,9-10,16H,2,4,6H2,1H3,(H,15,17)(H,18,19). The fraction of sp³-hybridized carbons (Fsp3) is 0.429. The zero-order chi connectivity index (χ0) is 14.7. The Hall–Kier alpha value is -2.24. The number of carboxylic acids is 1. The SMILES string of the molecule is COc1ccc(C(=O)NC2CCC(C(=O)O)C2)cc1O. The van der Waals surface area contributed by atoms with E-state index < -0.39 is 5.97 Å². The molecule has 1 aromatic rings. The van der Waals surface area contributed by atoms with E-state index >= 15 is 0 Å². The molecule has 0 spiro atoms. The van der Waals surface area contributed by atoms with E-state index in [0.29, 0.717) is 30.6 Å². The van der Waals surface area contributed by atoms with Gasteiger partial charge in [-0.1, -0.05) is 0 Å². The summed E-state index contributed by atoms with van der Waals surface area (Å²) in [5.74, 6) is -1.32. The Morgan fingerprint density at radius 3 is 2.65 bits per heavy atom. The van der Waals surface area contributed by atoms with Gasteiger partial charge in [0.2, 0.25) is 0 Å². The van der Waals surface area contributed by atoms with Crippen molar-refractivity contribution >= 4 is 11.9 Å². The molecule has 0 aromatic heterocycles. The lowest BCUT2D eigenvalue weighted by Gasteiger charge is -2.13. The summed E-state index contributed by atoms with van der Waals surface area (Å²) < 4.78 is 4.91. The maximum atomic E-state index is 12.0. The molecule has 1 fully saturated rings. The summed E-state index contributed by atoms with van der Waals surface area (Å²) in [6, 6.07) is 4.27. The van der Waals surface area contributed by atoms with Crippen molar-refractivity contribution in [1.82, 2.24) is 5.32 Å². The van der Waals surface area contributed by atoms with Gasteiger partial charge in [0.15, 0.2) is 11.5 Å². The van der Waals surface area contributed by atoms with Gasteiger partial charge in [0.1, 0.15) is 0 Å². The highest BCUT2D eigenvalue weighted by molar-refractivity contribution is 5.95. The number of methoxy groups -OCH3 is 1. The van der Waals surface area contributed by atoms with Crippen LogP contribution in [0.1, 0.15) is 29.6 Å². The number of hydrogen-bond acceptors (Lipinski definition) is 4. The van der Waals surface area contributed by atoms with E-state index in [1.54, 1.807) is 6.07 Å². The molecule has 0 radical (unpaired) electrons. The predicted octanol–water partition coefficient (Wildman–Crippen LogP) is 1.38. The number of rotatable bonds is 4. The maximum absolute atomic E-state index is 12.0. The summed E-state index contributed by atoms with van der Waals surface area (Å²) in [6.07, 6.45) is 1.68. The van der Waals surface area contributed by atoms with Gasteiger partial charge >= 0.3 is 5.97 Å². The van der Waals surface area contributed by atoms with Crippen LogP contribution in [0.5, 0.6) is 11.5 Å². The average molecular weight is 279 g/mol. The number of carboxylic acid groups (broad SMARTS) is 1. The molecule has 108 valence electrons. The Morgan fingerprint density at radius 2 is 2.10 bits per heavy atom. The molecule has 2 unspecified atom stereocenters. The van der Waals surface area contributed by atoms with Gasteiger partial charge in [0.25, 0.3) is 5.91 Å². The monoisotopic (exact) mass is 279 g/mol. The molecular weight excluding hydrogens is 262 g/mol. The van der Waals surface area contributed by atoms with Gasteiger partial charge in [-0.2, -0.15) is 0 Å². The minimum absolute atomic E-state index is 0.102. The van der Waals surface area contributed by atoms with Gasteiger partial charge in [-0.05, 0) is 37.5 Å². The summed E-state index contributed by atoms with van der Waals surface area (Å²) in [5.41, 5.74) is 0.321. The number of amides is 1. The van der Waals surface area contributed by atoms with Crippen molar-refractivity contribution in [2.45, 2.75) is 25.3 Å². The third-order valence-electron chi connectivity index (χ3n) is 3.56. The second-order valence-corrected chi connectivity index (χ2v) is 4.91. The van der Waals surface area contributed by atoms with Crippen LogP contribution in [0.3, 0.4) is 0 Å². The smallest absolute Gasteiger partial charge is 0.306 e. The molecule has 20 heavy (non-hydrogen) atoms. The molecular formula is C14H17NO5. The molecule has 1 saturated carbocycles. The molecule has 1 aliphatic rings. The van der Waals surface area contributed by atoms with Crippen molar-refractivity contribution in [3.63, 3.8) is 0 Å². The van der Waals surface area contributed by atoms with Crippen LogP contribution in [0, 0.1) is 5.92 Å². The molecule has 1 aliphatic carbocycles. The summed E-state index contributed by atoms with van der Waals surface area (Å²) in [4.78, 5) is 22.9. The number of ether oxygens (including phenoxy) is 1. The second kappa shape index (κ2) is 5.81. The Bertz CT molecular complexity index is 528. The highest BCUT2D eigenvalue weighted by Crippen LogP contribution is 2.28. The van der Waals surface area contributed by atoms with Crippen LogP contribution < -0.4 is 10.1 Å². The van der Waals surface area contributed by atoms with Crippen molar-refractivity contribution in [1.29, 1.82) is 0 Å². The average Bonchev–Trinajstić information content (AvgIpc) is 2.87. The Morgan fingerprint density at radius 1 is 1.35 bits per heavy atom. The van der Waals surface area contributed by atoms with Gasteiger partial charge in [0, 0.05) is 11.6 Å². The van der Waals surface area contributed by atoms with Gasteiger partial charge in [-0.3, -0.25) is 9.59 Å². The van der Waals surface area contributed by atoms with Crippen LogP contribution >= 0.6 is 0 Å². The van der Waals surface area contributed by atoms with Crippen LogP contribution in [-0.2, 0) is 4.79 Å². The summed E-state index contributed by atoms with van der Waals surface area (Å²) in [5, 5.41) is 21.3. The van der Waals surface area contributed by atoms with Gasteiger partial charge < -0.3 is 20.3 Å². The fourth-order valence-electron chi connectivity index (χ4n) is 2.44. The van der Waals surface area contributed by atoms with E-state index in [2.05, 4.69) is 5.32 Å². The summed E-state index contributed by atoms with van der Waals surface area (Å²) in [7, 11) is 1.43. The van der Waals surface area contributed by atoms with Crippen LogP contribution in [0.25, 0.3) is 0 Å². The lowest BCUT2D eigenvalue weighted by Crippen LogP contribution is -2.33. The maximum Gasteiger partial charge on any atom is 0.306 e. The number of benzene rings is 1. The first-order chi connectivity index (χ1) is 9.51. The number of phenols is 1. The fourth-order valence-corrected chi connectivity index (χ4v) is 2.44. The van der Waals surface area contributed by atoms with Crippen molar-refractivity contribution in [2.75, 3.05) is 7.11 Å². The van der Waals surface area contributed by atoms with E-state index in [9.17, 15) is 14.7 Å². The number of phenolic OH excluding ortho intramolecular Hbond substituents is 1. The van der Waals surface area contributed by atoms with Gasteiger partial charge in [-0.25, -0.2) is 0 Å². The number of aliphatic carboxylic acids is 1. The third-order valence-corrected chi connectivity index (χ3v) is 3.56. The number of aromatic hydroxyl groups is 1. The van der Waals surface area contributed by atoms with Crippen LogP contribution in [-0.4, -0.2) is 35.2 Å². The van der Waals surface area contributed by atoms with Gasteiger partial charge in [0.05, 0.1) is 13.0 Å². The Labute approximate surface area is 116 Å². The molecule has 0 bridgehead atoms. The number of nitrogens with one attached hydrogen (secondary N) is 1. The van der Waals surface area contributed by atoms with Gasteiger partial charge in [-0.15, -0.1) is 0 Å². The molecule has 1 aromatic carbocycles. The largest absolute Gasteiger partial charge is 0.504 e. The number of carbonyl (C=O) groups is 2. The van der Waals surface area contributed by atoms with E-state index in [-0.39, 0.29) is 23.6 Å². The topological polar surface area (TPSA) is 95.9 Å². The molecule has 3 N–H and O–H groups in total. The lowest BCUT2D eigenvalue weighted by atomic mass is 10.1. The normalized spacial score (nSPS) is 21.4. The van der Waals surface area contributed by atoms with E-state index in [0.717, 1.165) is 0 Å². The molecule has 6 nitrogen and oxygen atoms in total. The molecule has 0 heterocycles. The quantitative estimate of drug-likeness (QED) is 0.774. The van der Waals surface area contributed by atoms with E-state index in [4.69, 9.17) is 9.84 Å². The summed E-state index contributed by atoms with van der Waals surface area (Å²) >= 11 is 0. The van der Waals surface area contributed by atoms with Crippen LogP contribution in [0.2, 0.25) is 0 Å². The highest BCUT2D eigenvalue weighted by Gasteiger charge is 2.30. The number of carbonyl (C=O) groups excluding carboxylic acids is 1. The lowest BCUT2D eigenvalue weighted by molar-refractivity contribution is -0.141. The van der Waals surface area contributed by atoms with Crippen LogP contribution in [0.4, 0.5) is 0 Å². The molecule has 6 heteroatoms. The van der Waals surface area contributed by atoms with Crippen molar-refractivity contribution < 1.29 is 24.5 Å². The third kappa shape index (κ3) is 3.01. The first kappa shape index (κ1) is 14.2. The van der Waals surface area contributed by atoms with Crippen molar-refractivity contribution in [3.05, 3.63) is 23.8 Å². The minimum Gasteiger partial charge on any atom is -0.504 e. The van der Waals surface area contributed by atoms with E-state index in [1.165, 1.54) is 19.2 Å². The molecule has 0 aliphatic heterocycles. The van der Waals surface area contributed by atoms with Crippen molar-refractivity contribution in [2.24, 2.45) is 5.92 Å². The molecule has 0 saturated heterocycles. The zero-order valence-corrected chi connectivity index (χ0v) is 11.1. The predicted molar refractivity (Wildman–Crippen MR) is 70.9 cm³/mol. The zero-order valence-electron chi connectivity index (χ0n) is 11.1. The first-order valence-electron chi connectivity index (χ1n) is 6.42. The Balaban J connectivity index is 1.99. The molecule has 1 amide bonds. The molecule has 2 rings (SSSR count). The highest BCUT2D eigenvalue weighted by atomic mass is 16.5. The Kier molecular flexibility index (Phi) is 4.12. The number of hydrogen-bond donors (Lipinski definition) is 3.